The topological polar surface area (TPSA) is 88.4 Å². The number of hydrogen-bond acceptors (Lipinski definition) is 4. The molecule has 30 heavy (non-hydrogen) atoms. The maximum absolute atomic E-state index is 12.9. The monoisotopic (exact) mass is 419 g/mol. The van der Waals surface area contributed by atoms with Gasteiger partial charge in [0.1, 0.15) is 16.3 Å². The first-order valence-corrected chi connectivity index (χ1v) is 11.0. The van der Waals surface area contributed by atoms with Gasteiger partial charge in [-0.1, -0.05) is 57.0 Å². The highest BCUT2D eigenvalue weighted by atomic mass is 32.1. The van der Waals surface area contributed by atoms with E-state index in [1.165, 1.54) is 16.9 Å². The number of unbranched alkanes of at least 4 members (excludes halogenated alkanes) is 1. The lowest BCUT2D eigenvalue weighted by Crippen LogP contribution is -2.18. The van der Waals surface area contributed by atoms with Gasteiger partial charge < -0.3 is 10.1 Å². The largest absolute Gasteiger partial charge is 0.365 e. The van der Waals surface area contributed by atoms with Crippen molar-refractivity contribution >= 4 is 40.2 Å². The molecule has 0 saturated heterocycles. The van der Waals surface area contributed by atoms with E-state index in [0.29, 0.717) is 14.8 Å². The first-order chi connectivity index (χ1) is 14.5. The highest BCUT2D eigenvalue weighted by molar-refractivity contribution is 7.08. The Morgan fingerprint density at radius 3 is 2.50 bits per heavy atom. The number of carbonyl (C=O) groups excluding carboxylic acids is 2. The number of amides is 1. The summed E-state index contributed by atoms with van der Waals surface area (Å²) in [6, 6.07) is 13.1. The summed E-state index contributed by atoms with van der Waals surface area (Å²) in [5.74, 6) is -0.870. The molecule has 0 saturated carbocycles. The van der Waals surface area contributed by atoms with E-state index in [0.717, 1.165) is 43.3 Å². The summed E-state index contributed by atoms with van der Waals surface area (Å²) < 4.78 is 3.27. The molecule has 0 aliphatic heterocycles. The predicted octanol–water partition coefficient (Wildman–Crippen LogP) is 3.12. The molecular formula is C24H25N3O2S. The molecule has 5 nitrogen and oxygen atoms in total. The van der Waals surface area contributed by atoms with E-state index in [2.05, 4.69) is 13.8 Å². The van der Waals surface area contributed by atoms with Crippen molar-refractivity contribution < 1.29 is 9.59 Å². The SMILES string of the molecule is CCCCc1c(CCC)cc2c(=C(C#N)C(N)=O)sc(=CC(=O)c3ccccc3)n12. The fourth-order valence-corrected chi connectivity index (χ4v) is 4.79. The van der Waals surface area contributed by atoms with Crippen LogP contribution in [0.15, 0.2) is 36.4 Å². The molecule has 0 unspecified atom stereocenters. The number of aryl methyl sites for hydroxylation is 2. The van der Waals surface area contributed by atoms with Crippen molar-refractivity contribution in [2.45, 2.75) is 46.0 Å². The Morgan fingerprint density at radius 1 is 1.17 bits per heavy atom. The zero-order chi connectivity index (χ0) is 21.7. The average molecular weight is 420 g/mol. The van der Waals surface area contributed by atoms with Crippen molar-refractivity contribution in [3.63, 3.8) is 0 Å². The number of benzene rings is 1. The van der Waals surface area contributed by atoms with Gasteiger partial charge in [0.2, 0.25) is 0 Å². The molecule has 0 atom stereocenters. The fourth-order valence-electron chi connectivity index (χ4n) is 3.61. The number of thiazole rings is 1. The Kier molecular flexibility index (Phi) is 6.86. The van der Waals surface area contributed by atoms with Crippen LogP contribution in [-0.4, -0.2) is 16.1 Å². The fraction of sp³-hybridized carbons (Fsp3) is 0.292. The molecule has 2 heterocycles. The van der Waals surface area contributed by atoms with Crippen LogP contribution in [0.4, 0.5) is 0 Å². The lowest BCUT2D eigenvalue weighted by Gasteiger charge is -2.04. The number of hydrogen-bond donors (Lipinski definition) is 1. The lowest BCUT2D eigenvalue weighted by atomic mass is 10.1. The van der Waals surface area contributed by atoms with Crippen LogP contribution in [-0.2, 0) is 17.6 Å². The number of Topliss-reactive ketones (excluding diaryl/α,β-unsaturated/α-hetero) is 1. The van der Waals surface area contributed by atoms with Crippen molar-refractivity contribution in [2.24, 2.45) is 5.73 Å². The van der Waals surface area contributed by atoms with Gasteiger partial charge in [-0.15, -0.1) is 11.3 Å². The summed E-state index contributed by atoms with van der Waals surface area (Å²) in [7, 11) is 0. The molecule has 0 bridgehead atoms. The van der Waals surface area contributed by atoms with Crippen LogP contribution in [0.25, 0.3) is 17.2 Å². The third-order valence-corrected chi connectivity index (χ3v) is 6.16. The van der Waals surface area contributed by atoms with Gasteiger partial charge in [-0.05, 0) is 30.9 Å². The molecule has 0 aliphatic carbocycles. The van der Waals surface area contributed by atoms with Crippen LogP contribution in [0.3, 0.4) is 0 Å². The maximum Gasteiger partial charge on any atom is 0.260 e. The number of rotatable bonds is 8. The van der Waals surface area contributed by atoms with E-state index in [1.807, 2.05) is 34.7 Å². The Labute approximate surface area is 179 Å². The molecule has 154 valence electrons. The third kappa shape index (κ3) is 4.22. The first-order valence-electron chi connectivity index (χ1n) is 10.2. The van der Waals surface area contributed by atoms with Crippen molar-refractivity contribution in [2.75, 3.05) is 0 Å². The molecule has 0 radical (unpaired) electrons. The zero-order valence-corrected chi connectivity index (χ0v) is 18.1. The third-order valence-electron chi connectivity index (χ3n) is 5.04. The predicted molar refractivity (Wildman–Crippen MR) is 121 cm³/mol. The molecule has 0 fully saturated rings. The van der Waals surface area contributed by atoms with Gasteiger partial charge in [-0.2, -0.15) is 5.26 Å². The van der Waals surface area contributed by atoms with E-state index in [4.69, 9.17) is 5.73 Å². The summed E-state index contributed by atoms with van der Waals surface area (Å²) in [6.45, 7) is 4.27. The van der Waals surface area contributed by atoms with Crippen LogP contribution in [0.5, 0.6) is 0 Å². The smallest absolute Gasteiger partial charge is 0.260 e. The highest BCUT2D eigenvalue weighted by Gasteiger charge is 2.17. The minimum absolute atomic E-state index is 0.0700. The normalized spacial score (nSPS) is 12.8. The molecule has 0 aliphatic rings. The second kappa shape index (κ2) is 9.55. The van der Waals surface area contributed by atoms with Gasteiger partial charge in [0, 0.05) is 17.3 Å². The van der Waals surface area contributed by atoms with E-state index in [1.54, 1.807) is 18.2 Å². The van der Waals surface area contributed by atoms with Crippen LogP contribution < -0.4 is 14.9 Å². The average Bonchev–Trinajstić information content (AvgIpc) is 3.25. The Bertz CT molecular complexity index is 1240. The highest BCUT2D eigenvalue weighted by Crippen LogP contribution is 2.19. The molecule has 3 aromatic rings. The summed E-state index contributed by atoms with van der Waals surface area (Å²) >= 11 is 1.26. The van der Waals surface area contributed by atoms with Crippen molar-refractivity contribution in [1.29, 1.82) is 5.26 Å². The second-order valence-electron chi connectivity index (χ2n) is 7.19. The van der Waals surface area contributed by atoms with Gasteiger partial charge in [0.25, 0.3) is 5.91 Å². The van der Waals surface area contributed by atoms with Gasteiger partial charge in [-0.3, -0.25) is 9.59 Å². The number of carbonyl (C=O) groups is 2. The van der Waals surface area contributed by atoms with Gasteiger partial charge >= 0.3 is 0 Å². The molecule has 2 N–H and O–H groups in total. The molecule has 3 rings (SSSR count). The number of nitrogens with two attached hydrogens (primary N) is 1. The quantitative estimate of drug-likeness (QED) is 0.569. The maximum atomic E-state index is 12.9. The second-order valence-corrected chi connectivity index (χ2v) is 8.22. The van der Waals surface area contributed by atoms with Crippen LogP contribution in [0, 0.1) is 11.3 Å². The molecule has 6 heteroatoms. The number of ketones is 1. The Hall–Kier alpha value is -3.17. The van der Waals surface area contributed by atoms with Crippen molar-refractivity contribution in [3.05, 3.63) is 62.4 Å². The number of aromatic nitrogens is 1. The summed E-state index contributed by atoms with van der Waals surface area (Å²) in [4.78, 5) is 24.8. The molecule has 1 aromatic carbocycles. The molecular weight excluding hydrogens is 394 g/mol. The van der Waals surface area contributed by atoms with Gasteiger partial charge in [0.05, 0.1) is 10.0 Å². The first kappa shape index (κ1) is 21.5. The summed E-state index contributed by atoms with van der Waals surface area (Å²) in [5.41, 5.74) is 9.11. The van der Waals surface area contributed by atoms with Gasteiger partial charge in [-0.25, -0.2) is 0 Å². The minimum atomic E-state index is -0.754. The summed E-state index contributed by atoms with van der Waals surface area (Å²) in [6.07, 6.45) is 6.42. The van der Waals surface area contributed by atoms with E-state index >= 15 is 0 Å². The number of primary amides is 1. The van der Waals surface area contributed by atoms with Crippen LogP contribution in [0.2, 0.25) is 0 Å². The lowest BCUT2D eigenvalue weighted by molar-refractivity contribution is -0.112. The van der Waals surface area contributed by atoms with Crippen LogP contribution in [0.1, 0.15) is 54.7 Å². The zero-order valence-electron chi connectivity index (χ0n) is 17.3. The Morgan fingerprint density at radius 2 is 1.90 bits per heavy atom. The van der Waals surface area contributed by atoms with Crippen LogP contribution >= 0.6 is 11.3 Å². The summed E-state index contributed by atoms with van der Waals surface area (Å²) in [5, 5.41) is 9.53. The number of fused-ring (bicyclic) bond motifs is 1. The van der Waals surface area contributed by atoms with E-state index in [9.17, 15) is 14.9 Å². The van der Waals surface area contributed by atoms with Crippen molar-refractivity contribution in [3.8, 4) is 6.07 Å². The number of nitriles is 1. The standard InChI is InChI=1S/C24H25N3O2S/c1-3-5-12-19-17(9-4-2)13-20-23(18(15-25)24(26)29)30-22(27(19)20)14-21(28)16-10-7-6-8-11-16/h6-8,10-11,13-14H,3-5,9,12H2,1-2H3,(H2,26,29). The number of nitrogens with zero attached hydrogens (tertiary/aromatic N) is 2. The van der Waals surface area contributed by atoms with E-state index < -0.39 is 5.91 Å². The minimum Gasteiger partial charge on any atom is -0.365 e. The molecule has 2 aromatic heterocycles. The molecule has 0 spiro atoms. The van der Waals surface area contributed by atoms with E-state index in [-0.39, 0.29) is 11.4 Å². The Balaban J connectivity index is 2.38. The van der Waals surface area contributed by atoms with Crippen molar-refractivity contribution in [1.82, 2.24) is 4.40 Å². The molecule has 1 amide bonds. The van der Waals surface area contributed by atoms with Gasteiger partial charge in [0.15, 0.2) is 5.78 Å².